The van der Waals surface area contributed by atoms with Crippen LogP contribution in [0.1, 0.15) is 24.3 Å². The second kappa shape index (κ2) is 9.04. The Morgan fingerprint density at radius 2 is 2.10 bits per heavy atom. The molecular weight excluding hydrogens is 420 g/mol. The molecule has 0 radical (unpaired) electrons. The molecule has 4 rings (SSSR count). The van der Waals surface area contributed by atoms with Crippen LogP contribution in [0, 0.1) is 6.92 Å². The number of thioether (sulfide) groups is 1. The summed E-state index contributed by atoms with van der Waals surface area (Å²) in [7, 11) is 0. The number of hydrogen-bond acceptors (Lipinski definition) is 8. The molecule has 0 saturated carbocycles. The largest absolute Gasteiger partial charge is 0.467 e. The van der Waals surface area contributed by atoms with Gasteiger partial charge in [-0.3, -0.25) is 0 Å². The monoisotopic (exact) mass is 440 g/mol. The number of tetrazole rings is 1. The summed E-state index contributed by atoms with van der Waals surface area (Å²) in [5, 5.41) is 17.8. The van der Waals surface area contributed by atoms with E-state index in [0.29, 0.717) is 16.6 Å². The lowest BCUT2D eigenvalue weighted by molar-refractivity contribution is -0.139. The number of furan rings is 1. The van der Waals surface area contributed by atoms with Crippen LogP contribution < -0.4 is 10.6 Å². The molecule has 2 amide bonds. The third-order valence-corrected chi connectivity index (χ3v) is 5.49. The predicted molar refractivity (Wildman–Crippen MR) is 111 cm³/mol. The number of ether oxygens (including phenoxy) is 1. The third kappa shape index (κ3) is 4.45. The van der Waals surface area contributed by atoms with E-state index in [0.717, 1.165) is 11.3 Å². The Hall–Kier alpha value is -3.60. The highest BCUT2D eigenvalue weighted by Gasteiger charge is 2.35. The lowest BCUT2D eigenvalue weighted by atomic mass is 10.0. The maximum Gasteiger partial charge on any atom is 0.338 e. The van der Waals surface area contributed by atoms with Crippen molar-refractivity contribution in [2.75, 3.05) is 12.4 Å². The van der Waals surface area contributed by atoms with Crippen molar-refractivity contribution in [2.45, 2.75) is 25.0 Å². The molecular formula is C20H20N6O4S. The molecule has 1 aliphatic rings. The van der Waals surface area contributed by atoms with Crippen LogP contribution in [-0.2, 0) is 9.53 Å². The van der Waals surface area contributed by atoms with Gasteiger partial charge in [0.1, 0.15) is 11.8 Å². The van der Waals surface area contributed by atoms with Crippen molar-refractivity contribution in [1.82, 2.24) is 30.8 Å². The molecule has 0 spiro atoms. The summed E-state index contributed by atoms with van der Waals surface area (Å²) in [5.41, 5.74) is 2.61. The Kier molecular flexibility index (Phi) is 6.03. The summed E-state index contributed by atoms with van der Waals surface area (Å²) >= 11 is 1.29. The standard InChI is InChI=1S/C20H20N6O4S/c1-3-29-18(27)16-14(21-19(28)22-17(16)15-5-4-10-30-15)11-31-20-23-24-25-26(20)13-8-6-12(2)7-9-13/h4-10,17H,3,11H2,1-2H3,(H2,21,22,28)/t17-/m1/s1. The molecule has 1 aliphatic heterocycles. The first-order chi connectivity index (χ1) is 15.1. The van der Waals surface area contributed by atoms with Crippen LogP contribution in [-0.4, -0.2) is 44.6 Å². The molecule has 0 aliphatic carbocycles. The van der Waals surface area contributed by atoms with Crippen molar-refractivity contribution in [2.24, 2.45) is 0 Å². The van der Waals surface area contributed by atoms with Gasteiger partial charge in [0.2, 0.25) is 5.16 Å². The summed E-state index contributed by atoms with van der Waals surface area (Å²) in [5.74, 6) is 0.139. The third-order valence-electron chi connectivity index (χ3n) is 4.54. The number of benzene rings is 1. The Labute approximate surface area is 182 Å². The first-order valence-corrected chi connectivity index (χ1v) is 10.5. The fourth-order valence-corrected chi connectivity index (χ4v) is 3.96. The number of urea groups is 1. The molecule has 2 aromatic heterocycles. The van der Waals surface area contributed by atoms with Gasteiger partial charge < -0.3 is 19.8 Å². The number of nitrogens with zero attached hydrogens (tertiary/aromatic N) is 4. The lowest BCUT2D eigenvalue weighted by Crippen LogP contribution is -2.46. The van der Waals surface area contributed by atoms with E-state index in [4.69, 9.17) is 9.15 Å². The van der Waals surface area contributed by atoms with Crippen molar-refractivity contribution in [1.29, 1.82) is 0 Å². The average molecular weight is 440 g/mol. The number of aromatic nitrogens is 4. The maximum atomic E-state index is 12.7. The van der Waals surface area contributed by atoms with Crippen molar-refractivity contribution < 1.29 is 18.7 Å². The van der Waals surface area contributed by atoms with Gasteiger partial charge >= 0.3 is 12.0 Å². The number of carbonyl (C=O) groups excluding carboxylic acids is 2. The number of nitrogens with one attached hydrogen (secondary N) is 2. The first-order valence-electron chi connectivity index (χ1n) is 9.56. The van der Waals surface area contributed by atoms with E-state index in [1.807, 2.05) is 31.2 Å². The van der Waals surface area contributed by atoms with Gasteiger partial charge in [-0.05, 0) is 48.5 Å². The van der Waals surface area contributed by atoms with Crippen LogP contribution in [0.2, 0.25) is 0 Å². The van der Waals surface area contributed by atoms with E-state index < -0.39 is 18.0 Å². The zero-order valence-electron chi connectivity index (χ0n) is 16.9. The molecule has 3 aromatic rings. The highest BCUT2D eigenvalue weighted by Crippen LogP contribution is 2.30. The number of carbonyl (C=O) groups is 2. The van der Waals surface area contributed by atoms with E-state index >= 15 is 0 Å². The van der Waals surface area contributed by atoms with Gasteiger partial charge in [0, 0.05) is 11.4 Å². The highest BCUT2D eigenvalue weighted by atomic mass is 32.2. The predicted octanol–water partition coefficient (Wildman–Crippen LogP) is 2.53. The van der Waals surface area contributed by atoms with Crippen molar-refractivity contribution in [3.8, 4) is 5.69 Å². The number of aryl methyl sites for hydroxylation is 1. The van der Waals surface area contributed by atoms with E-state index in [1.165, 1.54) is 18.0 Å². The quantitative estimate of drug-likeness (QED) is 0.424. The maximum absolute atomic E-state index is 12.7. The minimum Gasteiger partial charge on any atom is -0.467 e. The van der Waals surface area contributed by atoms with Crippen molar-refractivity contribution in [3.63, 3.8) is 0 Å². The van der Waals surface area contributed by atoms with Gasteiger partial charge in [0.25, 0.3) is 0 Å². The minimum absolute atomic E-state index is 0.202. The smallest absolute Gasteiger partial charge is 0.338 e. The van der Waals surface area contributed by atoms with Gasteiger partial charge in [-0.1, -0.05) is 29.5 Å². The molecule has 0 fully saturated rings. The van der Waals surface area contributed by atoms with Crippen LogP contribution in [0.15, 0.2) is 63.5 Å². The topological polar surface area (TPSA) is 124 Å². The average Bonchev–Trinajstić information content (AvgIpc) is 3.45. The summed E-state index contributed by atoms with van der Waals surface area (Å²) in [6.07, 6.45) is 1.48. The summed E-state index contributed by atoms with van der Waals surface area (Å²) in [6.45, 7) is 3.92. The first kappa shape index (κ1) is 20.7. The van der Waals surface area contributed by atoms with E-state index in [9.17, 15) is 9.59 Å². The molecule has 11 heteroatoms. The number of rotatable bonds is 7. The molecule has 0 unspecified atom stereocenters. The minimum atomic E-state index is -0.758. The fraction of sp³-hybridized carbons (Fsp3) is 0.250. The molecule has 1 aromatic carbocycles. The van der Waals surface area contributed by atoms with Crippen LogP contribution >= 0.6 is 11.8 Å². The van der Waals surface area contributed by atoms with Crippen LogP contribution in [0.3, 0.4) is 0 Å². The summed E-state index contributed by atoms with van der Waals surface area (Å²) in [4.78, 5) is 25.0. The van der Waals surface area contributed by atoms with Crippen LogP contribution in [0.25, 0.3) is 5.69 Å². The Morgan fingerprint density at radius 1 is 1.29 bits per heavy atom. The number of amides is 2. The Morgan fingerprint density at radius 3 is 2.81 bits per heavy atom. The second-order valence-electron chi connectivity index (χ2n) is 6.66. The molecule has 160 valence electrons. The molecule has 31 heavy (non-hydrogen) atoms. The van der Waals surface area contributed by atoms with E-state index in [-0.39, 0.29) is 17.9 Å². The zero-order valence-corrected chi connectivity index (χ0v) is 17.7. The molecule has 2 N–H and O–H groups in total. The number of esters is 1. The van der Waals surface area contributed by atoms with Crippen molar-refractivity contribution >= 4 is 23.8 Å². The van der Waals surface area contributed by atoms with E-state index in [2.05, 4.69) is 26.2 Å². The van der Waals surface area contributed by atoms with Gasteiger partial charge in [-0.25, -0.2) is 9.59 Å². The molecule has 3 heterocycles. The SMILES string of the molecule is CCOC(=O)C1=C(CSc2nnnn2-c2ccc(C)cc2)NC(=O)N[C@@H]1c1ccco1. The van der Waals surface area contributed by atoms with Gasteiger partial charge in [0.05, 0.1) is 24.1 Å². The fourth-order valence-electron chi connectivity index (χ4n) is 3.10. The molecule has 0 bridgehead atoms. The summed E-state index contributed by atoms with van der Waals surface area (Å²) in [6, 6.07) is 9.95. The number of hydrogen-bond donors (Lipinski definition) is 2. The Balaban J connectivity index is 1.64. The molecule has 1 atom stereocenters. The van der Waals surface area contributed by atoms with Crippen LogP contribution in [0.4, 0.5) is 4.79 Å². The van der Waals surface area contributed by atoms with Gasteiger partial charge in [-0.15, -0.1) is 5.10 Å². The lowest BCUT2D eigenvalue weighted by Gasteiger charge is -2.27. The zero-order chi connectivity index (χ0) is 21.8. The molecule has 10 nitrogen and oxygen atoms in total. The Bertz CT molecular complexity index is 1110. The van der Waals surface area contributed by atoms with Crippen molar-refractivity contribution in [3.05, 3.63) is 65.3 Å². The molecule has 0 saturated heterocycles. The van der Waals surface area contributed by atoms with Gasteiger partial charge in [-0.2, -0.15) is 4.68 Å². The van der Waals surface area contributed by atoms with Gasteiger partial charge in [0.15, 0.2) is 0 Å². The van der Waals surface area contributed by atoms with E-state index in [1.54, 1.807) is 23.7 Å². The highest BCUT2D eigenvalue weighted by molar-refractivity contribution is 7.99. The summed E-state index contributed by atoms with van der Waals surface area (Å²) < 4.78 is 12.3. The van der Waals surface area contributed by atoms with Crippen LogP contribution in [0.5, 0.6) is 0 Å². The normalized spacial score (nSPS) is 16.1. The second-order valence-corrected chi connectivity index (χ2v) is 7.60.